The van der Waals surface area contributed by atoms with Crippen molar-refractivity contribution in [1.82, 2.24) is 0 Å². The molecule has 0 saturated heterocycles. The maximum absolute atomic E-state index is 2.27. The zero-order valence-electron chi connectivity index (χ0n) is 9.24. The molecule has 0 aromatic heterocycles. The smallest absolute Gasteiger partial charge is 1.00 e. The van der Waals surface area contributed by atoms with E-state index in [-0.39, 0.29) is 25.9 Å². The first-order chi connectivity index (χ1) is 4.38. The van der Waals surface area contributed by atoms with E-state index < -0.39 is 0 Å². The molecule has 0 aromatic carbocycles. The monoisotopic (exact) mass is 150 g/mol. The van der Waals surface area contributed by atoms with Crippen LogP contribution in [0.2, 0.25) is 0 Å². The fraction of sp³-hybridized carbons (Fsp3) is 0.778. The van der Waals surface area contributed by atoms with Crippen molar-refractivity contribution in [3.05, 3.63) is 11.1 Å². The van der Waals surface area contributed by atoms with Gasteiger partial charge in [-0.25, -0.2) is 0 Å². The topological polar surface area (TPSA) is 0 Å². The van der Waals surface area contributed by atoms with Gasteiger partial charge in [-0.1, -0.05) is 25.0 Å². The van der Waals surface area contributed by atoms with Crippen molar-refractivity contribution >= 4 is 23.1 Å². The van der Waals surface area contributed by atoms with E-state index in [2.05, 4.69) is 13.8 Å². The first kappa shape index (κ1) is 10.5. The summed E-state index contributed by atoms with van der Waals surface area (Å²) in [4.78, 5) is 0. The maximum atomic E-state index is 2.27. The summed E-state index contributed by atoms with van der Waals surface area (Å²) in [5.41, 5.74) is 3.50. The quantitative estimate of drug-likeness (QED) is 0.419. The number of hydrogen-bond acceptors (Lipinski definition) is 0. The number of allylic oxidation sites excluding steroid dienone is 2. The first-order valence-corrected chi connectivity index (χ1v) is 4.08. The van der Waals surface area contributed by atoms with Gasteiger partial charge in [0.1, 0.15) is 0 Å². The zero-order valence-corrected chi connectivity index (χ0v) is 8.66. The molecule has 0 N–H and O–H groups in total. The van der Waals surface area contributed by atoms with Gasteiger partial charge < -0.3 is 2.85 Å². The van der Waals surface area contributed by atoms with E-state index in [1.54, 1.807) is 11.1 Å². The second kappa shape index (κ2) is 5.20. The Morgan fingerprint density at radius 3 is 1.80 bits per heavy atom. The van der Waals surface area contributed by atoms with Gasteiger partial charge in [0.25, 0.3) is 0 Å². The van der Waals surface area contributed by atoms with Crippen LogP contribution in [0.25, 0.3) is 0 Å². The summed E-state index contributed by atoms with van der Waals surface area (Å²) in [5, 5.41) is 0. The normalized spacial score (nSPS) is 17.4. The van der Waals surface area contributed by atoms with Crippen molar-refractivity contribution in [2.45, 2.75) is 46.0 Å². The maximum Gasteiger partial charge on any atom is 2.00 e. The third-order valence-corrected chi connectivity index (χ3v) is 2.31. The summed E-state index contributed by atoms with van der Waals surface area (Å²) in [6.45, 7) is 4.55. The summed E-state index contributed by atoms with van der Waals surface area (Å²) < 4.78 is 0. The molecule has 0 saturated carbocycles. The molecular weight excluding hydrogens is 132 g/mol. The summed E-state index contributed by atoms with van der Waals surface area (Å²) in [6.07, 6.45) is 6.79. The molecule has 0 heterocycles. The minimum absolute atomic E-state index is 0. The third kappa shape index (κ3) is 2.28. The molecule has 0 amide bonds. The molecule has 0 nitrogen and oxygen atoms in total. The predicted molar refractivity (Wildman–Crippen MR) is 49.4 cm³/mol. The van der Waals surface area contributed by atoms with Gasteiger partial charge >= 0.3 is 23.1 Å². The van der Waals surface area contributed by atoms with Crippen molar-refractivity contribution in [2.75, 3.05) is 0 Å². The largest absolute Gasteiger partial charge is 2.00 e. The van der Waals surface area contributed by atoms with Crippen LogP contribution in [-0.4, -0.2) is 23.1 Å². The average molecular weight is 151 g/mol. The Kier molecular flexibility index (Phi) is 5.46. The summed E-state index contributed by atoms with van der Waals surface area (Å²) in [6, 6.07) is 0. The fourth-order valence-electron chi connectivity index (χ4n) is 1.72. The van der Waals surface area contributed by atoms with Crippen molar-refractivity contribution in [1.29, 1.82) is 0 Å². The van der Waals surface area contributed by atoms with Crippen LogP contribution in [0.1, 0.15) is 48.8 Å². The molecule has 0 radical (unpaired) electrons. The van der Waals surface area contributed by atoms with Gasteiger partial charge in [-0.05, 0) is 32.1 Å². The van der Waals surface area contributed by atoms with E-state index in [0.29, 0.717) is 0 Å². The Bertz CT molecular complexity index is 118. The molecule has 0 bridgehead atoms. The SMILES string of the molecule is CCC1=C(CC)CCC1.[H-].[H-].[Mg+2]. The van der Waals surface area contributed by atoms with E-state index >= 15 is 0 Å². The zero-order chi connectivity index (χ0) is 6.69. The Labute approximate surface area is 83.2 Å². The molecule has 1 aliphatic carbocycles. The van der Waals surface area contributed by atoms with Gasteiger partial charge in [0.2, 0.25) is 0 Å². The Morgan fingerprint density at radius 1 is 1.10 bits per heavy atom. The first-order valence-electron chi connectivity index (χ1n) is 4.08. The van der Waals surface area contributed by atoms with E-state index in [1.165, 1.54) is 32.1 Å². The number of rotatable bonds is 2. The van der Waals surface area contributed by atoms with Gasteiger partial charge in [-0.15, -0.1) is 0 Å². The van der Waals surface area contributed by atoms with Gasteiger partial charge in [0.05, 0.1) is 0 Å². The average Bonchev–Trinajstić information content (AvgIpc) is 2.33. The molecular formula is C9H18Mg. The van der Waals surface area contributed by atoms with Crippen LogP contribution in [-0.2, 0) is 0 Å². The summed E-state index contributed by atoms with van der Waals surface area (Å²) in [7, 11) is 0. The molecule has 1 rings (SSSR count). The van der Waals surface area contributed by atoms with Crippen LogP contribution in [0.3, 0.4) is 0 Å². The molecule has 1 aliphatic rings. The van der Waals surface area contributed by atoms with Crippen LogP contribution in [0.15, 0.2) is 11.1 Å². The Balaban J connectivity index is -0.000000270. The minimum atomic E-state index is 0. The molecule has 56 valence electrons. The van der Waals surface area contributed by atoms with Gasteiger partial charge in [-0.2, -0.15) is 0 Å². The van der Waals surface area contributed by atoms with Crippen LogP contribution in [0.4, 0.5) is 0 Å². The fourth-order valence-corrected chi connectivity index (χ4v) is 1.72. The number of hydrogen-bond donors (Lipinski definition) is 0. The summed E-state index contributed by atoms with van der Waals surface area (Å²) in [5.74, 6) is 0. The van der Waals surface area contributed by atoms with Crippen molar-refractivity contribution in [3.8, 4) is 0 Å². The van der Waals surface area contributed by atoms with Crippen LogP contribution in [0.5, 0.6) is 0 Å². The van der Waals surface area contributed by atoms with Crippen molar-refractivity contribution < 1.29 is 2.85 Å². The Hall–Kier alpha value is 0.506. The van der Waals surface area contributed by atoms with Crippen LogP contribution < -0.4 is 0 Å². The standard InChI is InChI=1S/C9H16.Mg.2H/c1-3-8-6-5-7-9(8)4-2;;;/h3-7H2,1-2H3;;;/q;+2;2*-1. The molecule has 0 aliphatic heterocycles. The van der Waals surface area contributed by atoms with E-state index in [0.717, 1.165) is 0 Å². The molecule has 10 heavy (non-hydrogen) atoms. The molecule has 0 unspecified atom stereocenters. The van der Waals surface area contributed by atoms with E-state index in [9.17, 15) is 0 Å². The summed E-state index contributed by atoms with van der Waals surface area (Å²) >= 11 is 0. The van der Waals surface area contributed by atoms with E-state index in [4.69, 9.17) is 0 Å². The van der Waals surface area contributed by atoms with E-state index in [1.807, 2.05) is 0 Å². The van der Waals surface area contributed by atoms with Gasteiger partial charge in [-0.3, -0.25) is 0 Å². The second-order valence-corrected chi connectivity index (χ2v) is 2.77. The second-order valence-electron chi connectivity index (χ2n) is 2.77. The minimum Gasteiger partial charge on any atom is -1.00 e. The molecule has 0 fully saturated rings. The van der Waals surface area contributed by atoms with Crippen molar-refractivity contribution in [3.63, 3.8) is 0 Å². The third-order valence-electron chi connectivity index (χ3n) is 2.31. The van der Waals surface area contributed by atoms with Crippen LogP contribution in [0, 0.1) is 0 Å². The van der Waals surface area contributed by atoms with Crippen molar-refractivity contribution in [2.24, 2.45) is 0 Å². The molecule has 0 aromatic rings. The predicted octanol–water partition coefficient (Wildman–Crippen LogP) is 3.13. The molecule has 0 atom stereocenters. The van der Waals surface area contributed by atoms with Gasteiger partial charge in [0, 0.05) is 0 Å². The molecule has 0 spiro atoms. The Morgan fingerprint density at radius 2 is 1.50 bits per heavy atom. The molecule has 1 heteroatoms. The van der Waals surface area contributed by atoms with Crippen LogP contribution >= 0.6 is 0 Å². The van der Waals surface area contributed by atoms with Gasteiger partial charge in [0.15, 0.2) is 0 Å².